The van der Waals surface area contributed by atoms with Crippen LogP contribution in [0, 0.1) is 13.8 Å². The SMILES string of the molecule is Cc1ccc(/C=C2\SC(=O)N(CCNC(=O)c3ccc(C(F)(F)F)nc3C)C2=O)cc1. The van der Waals surface area contributed by atoms with Crippen molar-refractivity contribution < 1.29 is 27.6 Å². The maximum absolute atomic E-state index is 12.7. The van der Waals surface area contributed by atoms with E-state index in [-0.39, 0.29) is 29.3 Å². The van der Waals surface area contributed by atoms with E-state index in [4.69, 9.17) is 0 Å². The molecule has 0 saturated carbocycles. The van der Waals surface area contributed by atoms with Crippen LogP contribution in [0.25, 0.3) is 6.08 Å². The van der Waals surface area contributed by atoms with Gasteiger partial charge in [-0.1, -0.05) is 29.8 Å². The van der Waals surface area contributed by atoms with Crippen LogP contribution in [0.4, 0.5) is 18.0 Å². The molecule has 1 aliphatic rings. The predicted octanol–water partition coefficient (Wildman–Crippen LogP) is 4.18. The van der Waals surface area contributed by atoms with Gasteiger partial charge in [-0.3, -0.25) is 19.3 Å². The molecule has 3 rings (SSSR count). The van der Waals surface area contributed by atoms with Crippen molar-refractivity contribution in [2.45, 2.75) is 20.0 Å². The third kappa shape index (κ3) is 5.32. The maximum Gasteiger partial charge on any atom is 0.433 e. The second kappa shape index (κ2) is 8.93. The molecule has 0 atom stereocenters. The Morgan fingerprint density at radius 3 is 2.42 bits per heavy atom. The Hall–Kier alpha value is -3.14. The molecule has 1 N–H and O–H groups in total. The second-order valence-electron chi connectivity index (χ2n) is 6.83. The predicted molar refractivity (Wildman–Crippen MR) is 110 cm³/mol. The van der Waals surface area contributed by atoms with Crippen molar-refractivity contribution in [1.29, 1.82) is 0 Å². The van der Waals surface area contributed by atoms with Crippen molar-refractivity contribution in [3.05, 3.63) is 69.4 Å². The first kappa shape index (κ1) is 22.5. The zero-order valence-electron chi connectivity index (χ0n) is 16.6. The first-order valence-electron chi connectivity index (χ1n) is 9.21. The first-order chi connectivity index (χ1) is 14.6. The monoisotopic (exact) mass is 449 g/mol. The average molecular weight is 449 g/mol. The number of benzene rings is 1. The standard InChI is InChI=1S/C21H18F3N3O3S/c1-12-3-5-14(6-4-12)11-16-19(29)27(20(30)31-16)10-9-25-18(28)15-7-8-17(21(22,23)24)26-13(15)2/h3-8,11H,9-10H2,1-2H3,(H,25,28)/b16-11-. The Kier molecular flexibility index (Phi) is 6.49. The number of aryl methyl sites for hydroxylation is 2. The normalized spacial score (nSPS) is 15.6. The van der Waals surface area contributed by atoms with Gasteiger partial charge in [-0.05, 0) is 49.4 Å². The number of aromatic nitrogens is 1. The number of alkyl halides is 3. The number of hydrogen-bond acceptors (Lipinski definition) is 5. The fraction of sp³-hybridized carbons (Fsp3) is 0.238. The highest BCUT2D eigenvalue weighted by atomic mass is 32.2. The summed E-state index contributed by atoms with van der Waals surface area (Å²) >= 11 is 0.812. The summed E-state index contributed by atoms with van der Waals surface area (Å²) in [6, 6.07) is 9.24. The number of nitrogens with zero attached hydrogens (tertiary/aromatic N) is 2. The zero-order chi connectivity index (χ0) is 22.8. The summed E-state index contributed by atoms with van der Waals surface area (Å²) in [4.78, 5) is 41.6. The Bertz CT molecular complexity index is 1070. The molecule has 0 aliphatic carbocycles. The van der Waals surface area contributed by atoms with E-state index in [9.17, 15) is 27.6 Å². The number of carbonyl (C=O) groups excluding carboxylic acids is 3. The number of pyridine rings is 1. The van der Waals surface area contributed by atoms with Crippen LogP contribution in [0.15, 0.2) is 41.3 Å². The highest BCUT2D eigenvalue weighted by Crippen LogP contribution is 2.32. The molecule has 1 aromatic heterocycles. The molecule has 0 spiro atoms. The van der Waals surface area contributed by atoms with Gasteiger partial charge in [0, 0.05) is 13.1 Å². The third-order valence-electron chi connectivity index (χ3n) is 4.49. The minimum Gasteiger partial charge on any atom is -0.350 e. The molecule has 0 radical (unpaired) electrons. The van der Waals surface area contributed by atoms with Crippen LogP contribution in [0.2, 0.25) is 0 Å². The second-order valence-corrected chi connectivity index (χ2v) is 7.82. The summed E-state index contributed by atoms with van der Waals surface area (Å²) in [7, 11) is 0. The van der Waals surface area contributed by atoms with E-state index in [1.165, 1.54) is 6.92 Å². The molecule has 162 valence electrons. The number of halogens is 3. The smallest absolute Gasteiger partial charge is 0.350 e. The molecule has 2 aromatic rings. The number of nitrogens with one attached hydrogen (secondary N) is 1. The molecule has 10 heteroatoms. The van der Waals surface area contributed by atoms with Gasteiger partial charge in [0.15, 0.2) is 0 Å². The zero-order valence-corrected chi connectivity index (χ0v) is 17.4. The van der Waals surface area contributed by atoms with Gasteiger partial charge in [-0.2, -0.15) is 13.2 Å². The minimum absolute atomic E-state index is 0.0126. The van der Waals surface area contributed by atoms with E-state index in [1.54, 1.807) is 6.08 Å². The molecule has 1 aliphatic heterocycles. The van der Waals surface area contributed by atoms with E-state index in [0.717, 1.165) is 39.9 Å². The van der Waals surface area contributed by atoms with Crippen LogP contribution < -0.4 is 5.32 Å². The maximum atomic E-state index is 12.7. The average Bonchev–Trinajstić information content (AvgIpc) is 2.96. The summed E-state index contributed by atoms with van der Waals surface area (Å²) in [6.45, 7) is 3.13. The number of amides is 3. The van der Waals surface area contributed by atoms with Gasteiger partial charge >= 0.3 is 6.18 Å². The van der Waals surface area contributed by atoms with E-state index >= 15 is 0 Å². The number of rotatable bonds is 5. The Morgan fingerprint density at radius 2 is 1.81 bits per heavy atom. The van der Waals surface area contributed by atoms with Gasteiger partial charge in [0.2, 0.25) is 0 Å². The number of carbonyl (C=O) groups is 3. The summed E-state index contributed by atoms with van der Waals surface area (Å²) in [5, 5.41) is 2.05. The topological polar surface area (TPSA) is 79.4 Å². The molecular weight excluding hydrogens is 431 g/mol. The minimum atomic E-state index is -4.60. The van der Waals surface area contributed by atoms with Crippen molar-refractivity contribution in [2.75, 3.05) is 13.1 Å². The van der Waals surface area contributed by atoms with Gasteiger partial charge in [-0.25, -0.2) is 4.98 Å². The summed E-state index contributed by atoms with van der Waals surface area (Å²) < 4.78 is 38.1. The lowest BCUT2D eigenvalue weighted by Gasteiger charge is -2.14. The molecule has 2 heterocycles. The van der Waals surface area contributed by atoms with Crippen LogP contribution in [0.1, 0.15) is 32.9 Å². The van der Waals surface area contributed by atoms with Gasteiger partial charge < -0.3 is 5.32 Å². The Morgan fingerprint density at radius 1 is 1.13 bits per heavy atom. The fourth-order valence-corrected chi connectivity index (χ4v) is 3.71. The van der Waals surface area contributed by atoms with Crippen molar-refractivity contribution in [3.63, 3.8) is 0 Å². The van der Waals surface area contributed by atoms with E-state index in [1.807, 2.05) is 31.2 Å². The van der Waals surface area contributed by atoms with Crippen LogP contribution in [-0.4, -0.2) is 40.0 Å². The molecule has 3 amide bonds. The molecule has 0 bridgehead atoms. The van der Waals surface area contributed by atoms with Crippen LogP contribution in [0.3, 0.4) is 0 Å². The van der Waals surface area contributed by atoms with Gasteiger partial charge in [0.25, 0.3) is 17.1 Å². The summed E-state index contributed by atoms with van der Waals surface area (Å²) in [5.41, 5.74) is 0.690. The first-order valence-corrected chi connectivity index (χ1v) is 10.0. The molecular formula is C21H18F3N3O3S. The molecule has 1 aromatic carbocycles. The van der Waals surface area contributed by atoms with E-state index in [2.05, 4.69) is 10.3 Å². The lowest BCUT2D eigenvalue weighted by Crippen LogP contribution is -2.37. The van der Waals surface area contributed by atoms with Gasteiger partial charge in [0.05, 0.1) is 16.2 Å². The Labute approximate surface area is 180 Å². The van der Waals surface area contributed by atoms with E-state index in [0.29, 0.717) is 0 Å². The number of thioether (sulfide) groups is 1. The summed E-state index contributed by atoms with van der Waals surface area (Å²) in [5.74, 6) is -1.10. The molecule has 1 saturated heterocycles. The molecule has 0 unspecified atom stereocenters. The van der Waals surface area contributed by atoms with Gasteiger partial charge in [-0.15, -0.1) is 0 Å². The number of imide groups is 1. The van der Waals surface area contributed by atoms with Crippen molar-refractivity contribution >= 4 is 34.9 Å². The van der Waals surface area contributed by atoms with Crippen molar-refractivity contribution in [2.24, 2.45) is 0 Å². The van der Waals surface area contributed by atoms with Crippen LogP contribution in [0.5, 0.6) is 0 Å². The summed E-state index contributed by atoms with van der Waals surface area (Å²) in [6.07, 6.45) is -2.97. The largest absolute Gasteiger partial charge is 0.433 e. The quantitative estimate of drug-likeness (QED) is 0.693. The van der Waals surface area contributed by atoms with Crippen molar-refractivity contribution in [3.8, 4) is 0 Å². The Balaban J connectivity index is 1.60. The third-order valence-corrected chi connectivity index (χ3v) is 5.40. The highest BCUT2D eigenvalue weighted by molar-refractivity contribution is 8.18. The molecule has 6 nitrogen and oxygen atoms in total. The molecule has 31 heavy (non-hydrogen) atoms. The lowest BCUT2D eigenvalue weighted by atomic mass is 10.1. The van der Waals surface area contributed by atoms with E-state index < -0.39 is 28.9 Å². The van der Waals surface area contributed by atoms with Crippen LogP contribution >= 0.6 is 11.8 Å². The van der Waals surface area contributed by atoms with Gasteiger partial charge in [0.1, 0.15) is 5.69 Å². The number of hydrogen-bond donors (Lipinski definition) is 1. The van der Waals surface area contributed by atoms with Crippen LogP contribution in [-0.2, 0) is 11.0 Å². The highest BCUT2D eigenvalue weighted by Gasteiger charge is 2.35. The van der Waals surface area contributed by atoms with Crippen molar-refractivity contribution in [1.82, 2.24) is 15.2 Å². The molecule has 1 fully saturated rings. The fourth-order valence-electron chi connectivity index (χ4n) is 2.84. The lowest BCUT2D eigenvalue weighted by molar-refractivity contribution is -0.141.